The third kappa shape index (κ3) is 5.60. The van der Waals surface area contributed by atoms with Crippen LogP contribution in [0.3, 0.4) is 0 Å². The molecule has 0 saturated heterocycles. The van der Waals surface area contributed by atoms with Crippen molar-refractivity contribution in [3.05, 3.63) is 83.6 Å². The molecule has 6 heteroatoms. The Morgan fingerprint density at radius 1 is 1.00 bits per heavy atom. The minimum atomic E-state index is -0.320. The van der Waals surface area contributed by atoms with Gasteiger partial charge in [0.25, 0.3) is 5.91 Å². The van der Waals surface area contributed by atoms with Crippen LogP contribution in [-0.2, 0) is 11.8 Å². The van der Waals surface area contributed by atoms with Crippen molar-refractivity contribution in [1.29, 1.82) is 0 Å². The van der Waals surface area contributed by atoms with E-state index in [0.717, 1.165) is 0 Å². The predicted octanol–water partition coefficient (Wildman–Crippen LogP) is 4.82. The van der Waals surface area contributed by atoms with E-state index in [1.54, 1.807) is 12.1 Å². The van der Waals surface area contributed by atoms with Crippen molar-refractivity contribution < 1.29 is 9.18 Å². The van der Waals surface area contributed by atoms with Crippen molar-refractivity contribution >= 4 is 17.4 Å². The number of aromatic nitrogens is 2. The highest BCUT2D eigenvalue weighted by atomic mass is 19.1. The highest BCUT2D eigenvalue weighted by molar-refractivity contribution is 6.02. The monoisotopic (exact) mass is 392 g/mol. The van der Waals surface area contributed by atoms with Crippen LogP contribution >= 0.6 is 0 Å². The predicted molar refractivity (Wildman–Crippen MR) is 114 cm³/mol. The van der Waals surface area contributed by atoms with Crippen LogP contribution in [0.15, 0.2) is 60.9 Å². The number of carbonyl (C=O) groups is 1. The third-order valence-electron chi connectivity index (χ3n) is 4.55. The second-order valence-corrected chi connectivity index (χ2v) is 7.84. The summed E-state index contributed by atoms with van der Waals surface area (Å²) >= 11 is 0. The van der Waals surface area contributed by atoms with Gasteiger partial charge in [-0.3, -0.25) is 4.79 Å². The van der Waals surface area contributed by atoms with Gasteiger partial charge in [-0.05, 0) is 41.2 Å². The number of anilines is 2. The van der Waals surface area contributed by atoms with Crippen LogP contribution in [0.5, 0.6) is 0 Å². The Morgan fingerprint density at radius 3 is 2.34 bits per heavy atom. The largest absolute Gasteiger partial charge is 0.368 e. The van der Waals surface area contributed by atoms with E-state index in [-0.39, 0.29) is 22.8 Å². The molecule has 1 aromatic heterocycles. The standard InChI is InChI=1S/C23H25FN4O/c1-23(2,3)17-8-10-18(11-9-17)28-22(29)20-14-27-21(15-26-20)25-13-12-16-6-4-5-7-19(16)24/h4-11,14-15H,12-13H2,1-3H3,(H,25,27)(H,28,29). The molecule has 1 amide bonds. The van der Waals surface area contributed by atoms with Crippen LogP contribution in [-0.4, -0.2) is 22.4 Å². The lowest BCUT2D eigenvalue weighted by molar-refractivity contribution is 0.102. The Balaban J connectivity index is 1.54. The number of carbonyl (C=O) groups excluding carboxylic acids is 1. The molecule has 1 heterocycles. The first kappa shape index (κ1) is 20.5. The minimum absolute atomic E-state index is 0.0587. The molecule has 2 aromatic carbocycles. The zero-order chi connectivity index (χ0) is 20.9. The molecule has 0 aliphatic carbocycles. The maximum absolute atomic E-state index is 13.6. The average Bonchev–Trinajstić information content (AvgIpc) is 2.70. The molecule has 0 spiro atoms. The van der Waals surface area contributed by atoms with Crippen molar-refractivity contribution in [1.82, 2.24) is 9.97 Å². The highest BCUT2D eigenvalue weighted by Crippen LogP contribution is 2.23. The molecule has 0 unspecified atom stereocenters. The molecule has 3 rings (SSSR count). The van der Waals surface area contributed by atoms with E-state index in [2.05, 4.69) is 41.4 Å². The molecule has 0 saturated carbocycles. The topological polar surface area (TPSA) is 66.9 Å². The van der Waals surface area contributed by atoms with Crippen LogP contribution in [0.1, 0.15) is 42.4 Å². The Hall–Kier alpha value is -3.28. The fourth-order valence-electron chi connectivity index (χ4n) is 2.81. The number of hydrogen-bond acceptors (Lipinski definition) is 4. The first-order valence-corrected chi connectivity index (χ1v) is 9.54. The van der Waals surface area contributed by atoms with E-state index in [9.17, 15) is 9.18 Å². The van der Waals surface area contributed by atoms with Gasteiger partial charge in [0.1, 0.15) is 17.3 Å². The molecule has 0 atom stereocenters. The number of hydrogen-bond donors (Lipinski definition) is 2. The molecule has 3 aromatic rings. The number of benzene rings is 2. The van der Waals surface area contributed by atoms with Crippen LogP contribution < -0.4 is 10.6 Å². The molecule has 0 fully saturated rings. The molecule has 0 aliphatic heterocycles. The molecular formula is C23H25FN4O. The fraction of sp³-hybridized carbons (Fsp3) is 0.261. The zero-order valence-corrected chi connectivity index (χ0v) is 16.9. The van der Waals surface area contributed by atoms with Crippen LogP contribution in [0, 0.1) is 5.82 Å². The number of rotatable bonds is 6. The normalized spacial score (nSPS) is 11.2. The second kappa shape index (κ2) is 8.82. The second-order valence-electron chi connectivity index (χ2n) is 7.84. The fourth-order valence-corrected chi connectivity index (χ4v) is 2.81. The molecule has 5 nitrogen and oxygen atoms in total. The van der Waals surface area contributed by atoms with E-state index < -0.39 is 0 Å². The Labute approximate surface area is 170 Å². The summed E-state index contributed by atoms with van der Waals surface area (Å²) in [4.78, 5) is 20.7. The van der Waals surface area contributed by atoms with E-state index >= 15 is 0 Å². The van der Waals surface area contributed by atoms with Crippen molar-refractivity contribution in [2.24, 2.45) is 0 Å². The van der Waals surface area contributed by atoms with Gasteiger partial charge in [-0.15, -0.1) is 0 Å². The van der Waals surface area contributed by atoms with Crippen LogP contribution in [0.4, 0.5) is 15.9 Å². The van der Waals surface area contributed by atoms with E-state index in [4.69, 9.17) is 0 Å². The Kier molecular flexibility index (Phi) is 6.22. The van der Waals surface area contributed by atoms with Crippen molar-refractivity contribution in [3.63, 3.8) is 0 Å². The number of amides is 1. The van der Waals surface area contributed by atoms with Gasteiger partial charge in [0, 0.05) is 12.2 Å². The summed E-state index contributed by atoms with van der Waals surface area (Å²) in [5.74, 6) is -0.00530. The van der Waals surface area contributed by atoms with Gasteiger partial charge in [-0.2, -0.15) is 0 Å². The summed E-state index contributed by atoms with van der Waals surface area (Å²) in [6.45, 7) is 6.94. The molecule has 2 N–H and O–H groups in total. The molecule has 0 radical (unpaired) electrons. The maximum Gasteiger partial charge on any atom is 0.275 e. The van der Waals surface area contributed by atoms with E-state index in [0.29, 0.717) is 30.0 Å². The van der Waals surface area contributed by atoms with Gasteiger partial charge in [0.2, 0.25) is 0 Å². The lowest BCUT2D eigenvalue weighted by atomic mass is 9.87. The summed E-state index contributed by atoms with van der Waals surface area (Å²) in [5.41, 5.74) is 2.83. The summed E-state index contributed by atoms with van der Waals surface area (Å²) in [6, 6.07) is 14.4. The van der Waals surface area contributed by atoms with Gasteiger partial charge >= 0.3 is 0 Å². The zero-order valence-electron chi connectivity index (χ0n) is 16.9. The molecular weight excluding hydrogens is 367 g/mol. The van der Waals surface area contributed by atoms with Crippen LogP contribution in [0.2, 0.25) is 0 Å². The summed E-state index contributed by atoms with van der Waals surface area (Å²) in [7, 11) is 0. The van der Waals surface area contributed by atoms with Crippen molar-refractivity contribution in [2.75, 3.05) is 17.2 Å². The van der Waals surface area contributed by atoms with Crippen molar-refractivity contribution in [3.8, 4) is 0 Å². The quantitative estimate of drug-likeness (QED) is 0.631. The first-order valence-electron chi connectivity index (χ1n) is 9.54. The Morgan fingerprint density at radius 2 is 1.72 bits per heavy atom. The summed E-state index contributed by atoms with van der Waals surface area (Å²) in [5, 5.41) is 5.91. The smallest absolute Gasteiger partial charge is 0.275 e. The van der Waals surface area contributed by atoms with Gasteiger partial charge in [-0.25, -0.2) is 14.4 Å². The Bertz CT molecular complexity index is 963. The number of nitrogens with one attached hydrogen (secondary N) is 2. The number of halogens is 1. The molecule has 0 aliphatic rings. The lowest BCUT2D eigenvalue weighted by Gasteiger charge is -2.19. The summed E-state index contributed by atoms with van der Waals surface area (Å²) in [6.07, 6.45) is 3.45. The number of nitrogens with zero attached hydrogens (tertiary/aromatic N) is 2. The van der Waals surface area contributed by atoms with Gasteiger partial charge < -0.3 is 10.6 Å². The van der Waals surface area contributed by atoms with E-state index in [1.807, 2.05) is 30.3 Å². The highest BCUT2D eigenvalue weighted by Gasteiger charge is 2.14. The third-order valence-corrected chi connectivity index (χ3v) is 4.55. The minimum Gasteiger partial charge on any atom is -0.368 e. The summed E-state index contributed by atoms with van der Waals surface area (Å²) < 4.78 is 13.6. The van der Waals surface area contributed by atoms with Gasteiger partial charge in [-0.1, -0.05) is 51.1 Å². The first-order chi connectivity index (χ1) is 13.8. The molecule has 150 valence electrons. The van der Waals surface area contributed by atoms with Crippen molar-refractivity contribution in [2.45, 2.75) is 32.6 Å². The average molecular weight is 392 g/mol. The van der Waals surface area contributed by atoms with Gasteiger partial charge in [0.15, 0.2) is 0 Å². The van der Waals surface area contributed by atoms with Gasteiger partial charge in [0.05, 0.1) is 12.4 Å². The lowest BCUT2D eigenvalue weighted by Crippen LogP contribution is -2.15. The molecule has 29 heavy (non-hydrogen) atoms. The van der Waals surface area contributed by atoms with Crippen LogP contribution in [0.25, 0.3) is 0 Å². The van der Waals surface area contributed by atoms with E-state index in [1.165, 1.54) is 24.0 Å². The maximum atomic E-state index is 13.6. The SMILES string of the molecule is CC(C)(C)c1ccc(NC(=O)c2cnc(NCCc3ccccc3F)cn2)cc1. The molecule has 0 bridgehead atoms.